The molecule has 1 aliphatic heterocycles. The highest BCUT2D eigenvalue weighted by molar-refractivity contribution is 5.90. The third-order valence-corrected chi connectivity index (χ3v) is 5.08. The molecule has 1 fully saturated rings. The first kappa shape index (κ1) is 20.0. The average molecular weight is 406 g/mol. The molecule has 0 unspecified atom stereocenters. The van der Waals surface area contributed by atoms with E-state index in [-0.39, 0.29) is 17.9 Å². The number of methoxy groups -OCH3 is 1. The molecule has 1 aliphatic rings. The van der Waals surface area contributed by atoms with Crippen molar-refractivity contribution in [1.82, 2.24) is 10.3 Å². The maximum absolute atomic E-state index is 11.5. The number of carbonyl (C=O) groups is 1. The molecular weight excluding hydrogens is 380 g/mol. The minimum atomic E-state index is 0.0616. The molecule has 0 radical (unpaired) electrons. The molecule has 2 aromatic carbocycles. The fourth-order valence-electron chi connectivity index (χ4n) is 3.62. The summed E-state index contributed by atoms with van der Waals surface area (Å²) in [4.78, 5) is 16.0. The fraction of sp³-hybridized carbons (Fsp3) is 0.333. The van der Waals surface area contributed by atoms with Crippen LogP contribution in [0.2, 0.25) is 0 Å². The molecule has 1 amide bonds. The summed E-state index contributed by atoms with van der Waals surface area (Å²) >= 11 is 0. The first-order valence-electron chi connectivity index (χ1n) is 10.2. The van der Waals surface area contributed by atoms with Crippen molar-refractivity contribution in [2.45, 2.75) is 26.4 Å². The van der Waals surface area contributed by atoms with Gasteiger partial charge < -0.3 is 19.5 Å². The number of aromatic nitrogens is 1. The van der Waals surface area contributed by atoms with Crippen LogP contribution in [0.5, 0.6) is 17.2 Å². The topological polar surface area (TPSA) is 69.7 Å². The lowest BCUT2D eigenvalue weighted by atomic mass is 10.0. The van der Waals surface area contributed by atoms with Crippen molar-refractivity contribution >= 4 is 16.8 Å². The van der Waals surface area contributed by atoms with Gasteiger partial charge in [0.2, 0.25) is 5.91 Å². The van der Waals surface area contributed by atoms with E-state index < -0.39 is 0 Å². The second-order valence-electron chi connectivity index (χ2n) is 7.76. The van der Waals surface area contributed by atoms with E-state index in [2.05, 4.69) is 10.3 Å². The monoisotopic (exact) mass is 406 g/mol. The highest BCUT2D eigenvalue weighted by Gasteiger charge is 2.22. The lowest BCUT2D eigenvalue weighted by Gasteiger charge is -2.16. The van der Waals surface area contributed by atoms with Gasteiger partial charge in [0.15, 0.2) is 11.5 Å². The van der Waals surface area contributed by atoms with Gasteiger partial charge in [-0.2, -0.15) is 0 Å². The minimum absolute atomic E-state index is 0.0616. The molecule has 30 heavy (non-hydrogen) atoms. The van der Waals surface area contributed by atoms with Crippen molar-refractivity contribution in [2.24, 2.45) is 5.92 Å². The number of pyridine rings is 1. The van der Waals surface area contributed by atoms with Crippen LogP contribution in [0.1, 0.15) is 20.3 Å². The number of nitrogens with zero attached hydrogens (tertiary/aromatic N) is 1. The van der Waals surface area contributed by atoms with E-state index in [4.69, 9.17) is 14.2 Å². The molecule has 2 heterocycles. The molecule has 6 heteroatoms. The molecule has 156 valence electrons. The summed E-state index contributed by atoms with van der Waals surface area (Å²) in [5.41, 5.74) is 2.82. The van der Waals surface area contributed by atoms with Gasteiger partial charge in [-0.25, -0.2) is 0 Å². The number of hydrogen-bond acceptors (Lipinski definition) is 5. The van der Waals surface area contributed by atoms with Crippen molar-refractivity contribution in [3.63, 3.8) is 0 Å². The van der Waals surface area contributed by atoms with E-state index in [9.17, 15) is 4.79 Å². The zero-order valence-electron chi connectivity index (χ0n) is 17.5. The van der Waals surface area contributed by atoms with Gasteiger partial charge in [0.1, 0.15) is 5.75 Å². The molecule has 4 rings (SSSR count). The van der Waals surface area contributed by atoms with Crippen LogP contribution in [0, 0.1) is 5.92 Å². The van der Waals surface area contributed by atoms with Gasteiger partial charge >= 0.3 is 0 Å². The third-order valence-electron chi connectivity index (χ3n) is 5.08. The summed E-state index contributed by atoms with van der Waals surface area (Å²) in [5, 5.41) is 3.80. The molecular formula is C24H26N2O4. The van der Waals surface area contributed by atoms with Crippen LogP contribution in [0.3, 0.4) is 0 Å². The smallest absolute Gasteiger partial charge is 0.220 e. The number of fused-ring (bicyclic) bond motifs is 1. The van der Waals surface area contributed by atoms with E-state index in [1.54, 1.807) is 13.3 Å². The predicted octanol–water partition coefficient (Wildman–Crippen LogP) is 4.21. The van der Waals surface area contributed by atoms with Gasteiger partial charge in [0.25, 0.3) is 0 Å². The molecule has 0 saturated carbocycles. The van der Waals surface area contributed by atoms with Crippen LogP contribution >= 0.6 is 0 Å². The normalized spacial score (nSPS) is 16.0. The van der Waals surface area contributed by atoms with Gasteiger partial charge in [-0.1, -0.05) is 6.07 Å². The largest absolute Gasteiger partial charge is 0.493 e. The second-order valence-corrected chi connectivity index (χ2v) is 7.76. The van der Waals surface area contributed by atoms with Crippen molar-refractivity contribution < 1.29 is 19.0 Å². The van der Waals surface area contributed by atoms with Crippen LogP contribution in [0.15, 0.2) is 48.7 Å². The Labute approximate surface area is 176 Å². The first-order valence-corrected chi connectivity index (χ1v) is 10.2. The Kier molecular flexibility index (Phi) is 5.74. The summed E-state index contributed by atoms with van der Waals surface area (Å²) in [6.45, 7) is 5.11. The predicted molar refractivity (Wildman–Crippen MR) is 116 cm³/mol. The molecule has 1 saturated heterocycles. The summed E-state index contributed by atoms with van der Waals surface area (Å²) in [6.07, 6.45) is 2.34. The number of rotatable bonds is 7. The Morgan fingerprint density at radius 3 is 2.67 bits per heavy atom. The quantitative estimate of drug-likeness (QED) is 0.636. The Morgan fingerprint density at radius 1 is 1.10 bits per heavy atom. The molecule has 0 spiro atoms. The van der Waals surface area contributed by atoms with Crippen LogP contribution in [0.25, 0.3) is 22.0 Å². The van der Waals surface area contributed by atoms with Crippen molar-refractivity contribution in [3.05, 3.63) is 48.7 Å². The SMILES string of the molecule is COc1cc(-c2cc(OC[C@H]3CNC(=O)C3)c3cccnc3c2)ccc1OC(C)C. The lowest BCUT2D eigenvalue weighted by Crippen LogP contribution is -2.16. The van der Waals surface area contributed by atoms with E-state index in [1.807, 2.05) is 56.3 Å². The maximum Gasteiger partial charge on any atom is 0.220 e. The van der Waals surface area contributed by atoms with Crippen LogP contribution < -0.4 is 19.5 Å². The van der Waals surface area contributed by atoms with Gasteiger partial charge in [-0.15, -0.1) is 0 Å². The van der Waals surface area contributed by atoms with Crippen molar-refractivity contribution in [2.75, 3.05) is 20.3 Å². The van der Waals surface area contributed by atoms with E-state index in [0.717, 1.165) is 27.8 Å². The molecule has 1 aromatic heterocycles. The molecule has 0 aliphatic carbocycles. The lowest BCUT2D eigenvalue weighted by molar-refractivity contribution is -0.119. The number of amides is 1. The number of ether oxygens (including phenoxy) is 3. The Balaban J connectivity index is 1.68. The molecule has 1 N–H and O–H groups in total. The average Bonchev–Trinajstić information content (AvgIpc) is 3.16. The molecule has 0 bridgehead atoms. The summed E-state index contributed by atoms with van der Waals surface area (Å²) in [6, 6.07) is 13.9. The number of hydrogen-bond donors (Lipinski definition) is 1. The zero-order chi connectivity index (χ0) is 21.1. The number of carbonyl (C=O) groups excluding carboxylic acids is 1. The van der Waals surface area contributed by atoms with E-state index in [1.165, 1.54) is 0 Å². The molecule has 6 nitrogen and oxygen atoms in total. The number of nitrogens with one attached hydrogen (secondary N) is 1. The fourth-order valence-corrected chi connectivity index (χ4v) is 3.62. The Hall–Kier alpha value is -3.28. The highest BCUT2D eigenvalue weighted by Crippen LogP contribution is 2.37. The first-order chi connectivity index (χ1) is 14.5. The van der Waals surface area contributed by atoms with Crippen molar-refractivity contribution in [3.8, 4) is 28.4 Å². The summed E-state index contributed by atoms with van der Waals surface area (Å²) in [5.74, 6) is 2.42. The Bertz CT molecular complexity index is 1060. The van der Waals surface area contributed by atoms with Crippen LogP contribution in [0.4, 0.5) is 0 Å². The van der Waals surface area contributed by atoms with Crippen LogP contribution in [-0.4, -0.2) is 37.3 Å². The van der Waals surface area contributed by atoms with Gasteiger partial charge in [-0.05, 0) is 61.4 Å². The van der Waals surface area contributed by atoms with Gasteiger partial charge in [0.05, 0.1) is 25.3 Å². The molecule has 3 aromatic rings. The highest BCUT2D eigenvalue weighted by atomic mass is 16.5. The summed E-state index contributed by atoms with van der Waals surface area (Å²) < 4.78 is 17.5. The third kappa shape index (κ3) is 4.32. The maximum atomic E-state index is 11.5. The van der Waals surface area contributed by atoms with Crippen LogP contribution in [-0.2, 0) is 4.79 Å². The van der Waals surface area contributed by atoms with Gasteiger partial charge in [-0.3, -0.25) is 9.78 Å². The second kappa shape index (κ2) is 8.61. The van der Waals surface area contributed by atoms with Gasteiger partial charge in [0, 0.05) is 30.5 Å². The summed E-state index contributed by atoms with van der Waals surface area (Å²) in [7, 11) is 1.64. The minimum Gasteiger partial charge on any atom is -0.493 e. The number of benzene rings is 2. The van der Waals surface area contributed by atoms with Crippen molar-refractivity contribution in [1.29, 1.82) is 0 Å². The Morgan fingerprint density at radius 2 is 1.93 bits per heavy atom. The van der Waals surface area contributed by atoms with E-state index >= 15 is 0 Å². The molecule has 1 atom stereocenters. The zero-order valence-corrected chi connectivity index (χ0v) is 17.5. The standard InChI is InChI=1S/C24H26N2O4/c1-15(2)30-21-7-6-17(11-23(21)28-3)18-10-20-19(5-4-8-25-20)22(12-18)29-14-16-9-24(27)26-13-16/h4-8,10-12,15-16H,9,13-14H2,1-3H3,(H,26,27)/t16-/m1/s1. The van der Waals surface area contributed by atoms with E-state index in [0.29, 0.717) is 31.1 Å².